The number of ether oxygens (including phenoxy) is 1. The van der Waals surface area contributed by atoms with Crippen molar-refractivity contribution in [2.24, 2.45) is 5.92 Å². The molecule has 1 atom stereocenters. The predicted molar refractivity (Wildman–Crippen MR) is 101 cm³/mol. The molecule has 0 radical (unpaired) electrons. The summed E-state index contributed by atoms with van der Waals surface area (Å²) in [5.41, 5.74) is -0.570. The highest BCUT2D eigenvalue weighted by atomic mass is 19.1. The van der Waals surface area contributed by atoms with Gasteiger partial charge in [0.05, 0.1) is 24.3 Å². The first-order chi connectivity index (χ1) is 14.3. The molecule has 0 bridgehead atoms. The number of carbonyl (C=O) groups excluding carboxylic acids is 3. The van der Waals surface area contributed by atoms with Gasteiger partial charge in [0.25, 0.3) is 5.91 Å². The lowest BCUT2D eigenvalue weighted by atomic mass is 9.96. The lowest BCUT2D eigenvalue weighted by Gasteiger charge is -2.32. The summed E-state index contributed by atoms with van der Waals surface area (Å²) >= 11 is 0. The first-order valence-corrected chi connectivity index (χ1v) is 9.23. The number of esters is 1. The van der Waals surface area contributed by atoms with Crippen LogP contribution in [0.15, 0.2) is 36.4 Å². The second-order valence-corrected chi connectivity index (χ2v) is 6.89. The average Bonchev–Trinajstić information content (AvgIpc) is 2.75. The van der Waals surface area contributed by atoms with E-state index in [2.05, 4.69) is 10.1 Å². The average molecular weight is 420 g/mol. The SMILES string of the molecule is COC(=O)c1cc(NC(=O)C2CCCN(C(=O)c3ccc(F)cc3)C2)c(F)cc1F. The Hall–Kier alpha value is -3.36. The fraction of sp³-hybridized carbons (Fsp3) is 0.286. The fourth-order valence-corrected chi connectivity index (χ4v) is 3.30. The van der Waals surface area contributed by atoms with E-state index in [-0.39, 0.29) is 18.1 Å². The highest BCUT2D eigenvalue weighted by molar-refractivity contribution is 5.97. The number of amides is 2. The summed E-state index contributed by atoms with van der Waals surface area (Å²) in [6.45, 7) is 0.520. The van der Waals surface area contributed by atoms with Crippen molar-refractivity contribution in [2.75, 3.05) is 25.5 Å². The number of rotatable bonds is 4. The van der Waals surface area contributed by atoms with Gasteiger partial charge in [0.15, 0.2) is 0 Å². The minimum Gasteiger partial charge on any atom is -0.465 e. The summed E-state index contributed by atoms with van der Waals surface area (Å²) in [6.07, 6.45) is 1.01. The van der Waals surface area contributed by atoms with Gasteiger partial charge in [-0.05, 0) is 43.2 Å². The van der Waals surface area contributed by atoms with Gasteiger partial charge >= 0.3 is 5.97 Å². The van der Waals surface area contributed by atoms with E-state index in [9.17, 15) is 27.6 Å². The van der Waals surface area contributed by atoms with Crippen LogP contribution in [0, 0.1) is 23.4 Å². The van der Waals surface area contributed by atoms with Gasteiger partial charge in [0, 0.05) is 24.7 Å². The zero-order valence-corrected chi connectivity index (χ0v) is 16.1. The largest absolute Gasteiger partial charge is 0.465 e. The van der Waals surface area contributed by atoms with Crippen molar-refractivity contribution in [2.45, 2.75) is 12.8 Å². The minimum atomic E-state index is -1.11. The van der Waals surface area contributed by atoms with Gasteiger partial charge in [0.2, 0.25) is 5.91 Å². The van der Waals surface area contributed by atoms with Crippen molar-refractivity contribution in [1.82, 2.24) is 4.90 Å². The molecular weight excluding hydrogens is 401 g/mol. The van der Waals surface area contributed by atoms with Gasteiger partial charge in [-0.1, -0.05) is 0 Å². The Morgan fingerprint density at radius 2 is 1.77 bits per heavy atom. The molecule has 1 aliphatic rings. The van der Waals surface area contributed by atoms with E-state index in [0.29, 0.717) is 31.0 Å². The molecule has 1 aliphatic heterocycles. The van der Waals surface area contributed by atoms with Crippen molar-refractivity contribution >= 4 is 23.5 Å². The Bertz CT molecular complexity index is 979. The molecule has 0 aliphatic carbocycles. The molecule has 2 aromatic rings. The minimum absolute atomic E-state index is 0.0920. The number of carbonyl (C=O) groups is 3. The third-order valence-electron chi connectivity index (χ3n) is 4.89. The highest BCUT2D eigenvalue weighted by Gasteiger charge is 2.30. The van der Waals surface area contributed by atoms with Gasteiger partial charge in [0.1, 0.15) is 17.5 Å². The number of piperidine rings is 1. The molecular formula is C21H19F3N2O4. The number of halogens is 3. The Morgan fingerprint density at radius 3 is 2.43 bits per heavy atom. The maximum Gasteiger partial charge on any atom is 0.340 e. The molecule has 3 rings (SSSR count). The van der Waals surface area contributed by atoms with Crippen LogP contribution in [0.2, 0.25) is 0 Å². The zero-order valence-electron chi connectivity index (χ0n) is 16.1. The Morgan fingerprint density at radius 1 is 1.07 bits per heavy atom. The first kappa shape index (κ1) is 21.4. The third-order valence-corrected chi connectivity index (χ3v) is 4.89. The van der Waals surface area contributed by atoms with Crippen LogP contribution in [0.5, 0.6) is 0 Å². The van der Waals surface area contributed by atoms with Crippen LogP contribution in [0.3, 0.4) is 0 Å². The molecule has 2 amide bonds. The van der Waals surface area contributed by atoms with Crippen molar-refractivity contribution in [3.05, 3.63) is 65.0 Å². The van der Waals surface area contributed by atoms with E-state index in [1.54, 1.807) is 0 Å². The van der Waals surface area contributed by atoms with Crippen LogP contribution < -0.4 is 5.32 Å². The Labute approximate surface area is 170 Å². The number of anilines is 1. The van der Waals surface area contributed by atoms with Crippen LogP contribution in [-0.2, 0) is 9.53 Å². The number of benzene rings is 2. The normalized spacial score (nSPS) is 16.1. The smallest absolute Gasteiger partial charge is 0.340 e. The van der Waals surface area contributed by atoms with Crippen molar-refractivity contribution in [1.29, 1.82) is 0 Å². The van der Waals surface area contributed by atoms with Crippen molar-refractivity contribution < 1.29 is 32.3 Å². The molecule has 6 nitrogen and oxygen atoms in total. The van der Waals surface area contributed by atoms with Crippen molar-refractivity contribution in [3.8, 4) is 0 Å². The quantitative estimate of drug-likeness (QED) is 0.770. The summed E-state index contributed by atoms with van der Waals surface area (Å²) in [7, 11) is 1.05. The van der Waals surface area contributed by atoms with E-state index in [0.717, 1.165) is 13.2 Å². The third kappa shape index (κ3) is 4.61. The van der Waals surface area contributed by atoms with Gasteiger partial charge in [-0.15, -0.1) is 0 Å². The van der Waals surface area contributed by atoms with Crippen LogP contribution in [0.1, 0.15) is 33.6 Å². The molecule has 0 spiro atoms. The van der Waals surface area contributed by atoms with Gasteiger partial charge in [-0.3, -0.25) is 9.59 Å². The predicted octanol–water partition coefficient (Wildman–Crippen LogP) is 3.38. The summed E-state index contributed by atoms with van der Waals surface area (Å²) in [5, 5.41) is 2.36. The molecule has 1 N–H and O–H groups in total. The maximum absolute atomic E-state index is 14.1. The summed E-state index contributed by atoms with van der Waals surface area (Å²) in [4.78, 5) is 38.3. The van der Waals surface area contributed by atoms with Crippen molar-refractivity contribution in [3.63, 3.8) is 0 Å². The standard InChI is InChI=1S/C21H19F3N2O4/c1-30-21(29)15-9-18(17(24)10-16(15)23)25-19(27)13-3-2-8-26(11-13)20(28)12-4-6-14(22)7-5-12/h4-7,9-10,13H,2-3,8,11H2,1H3,(H,25,27). The molecule has 1 fully saturated rings. The number of nitrogens with one attached hydrogen (secondary N) is 1. The Kier molecular flexibility index (Phi) is 6.39. The molecule has 9 heteroatoms. The fourth-order valence-electron chi connectivity index (χ4n) is 3.30. The van der Waals surface area contributed by atoms with Gasteiger partial charge < -0.3 is 15.0 Å². The summed E-state index contributed by atoms with van der Waals surface area (Å²) < 4.78 is 45.4. The highest BCUT2D eigenvalue weighted by Crippen LogP contribution is 2.24. The number of hydrogen-bond acceptors (Lipinski definition) is 4. The van der Waals surface area contributed by atoms with Crippen LogP contribution in [-0.4, -0.2) is 42.9 Å². The number of methoxy groups -OCH3 is 1. The molecule has 30 heavy (non-hydrogen) atoms. The Balaban J connectivity index is 1.72. The number of nitrogens with zero attached hydrogens (tertiary/aromatic N) is 1. The number of hydrogen-bond donors (Lipinski definition) is 1. The van der Waals surface area contributed by atoms with E-state index in [4.69, 9.17) is 0 Å². The lowest BCUT2D eigenvalue weighted by Crippen LogP contribution is -2.43. The second kappa shape index (κ2) is 8.98. The molecule has 0 aromatic heterocycles. The second-order valence-electron chi connectivity index (χ2n) is 6.89. The van der Waals surface area contributed by atoms with E-state index < -0.39 is 40.8 Å². The summed E-state index contributed by atoms with van der Waals surface area (Å²) in [5.74, 6) is -5.14. The van der Waals surface area contributed by atoms with E-state index in [1.165, 1.54) is 29.2 Å². The first-order valence-electron chi connectivity index (χ1n) is 9.23. The maximum atomic E-state index is 14.1. The van der Waals surface area contributed by atoms with E-state index >= 15 is 0 Å². The molecule has 0 saturated carbocycles. The van der Waals surface area contributed by atoms with Gasteiger partial charge in [-0.25, -0.2) is 18.0 Å². The molecule has 1 saturated heterocycles. The van der Waals surface area contributed by atoms with Gasteiger partial charge in [-0.2, -0.15) is 0 Å². The summed E-state index contributed by atoms with van der Waals surface area (Å²) in [6, 6.07) is 6.45. The molecule has 1 heterocycles. The van der Waals surface area contributed by atoms with E-state index in [1.807, 2.05) is 0 Å². The number of likely N-dealkylation sites (tertiary alicyclic amines) is 1. The van der Waals surface area contributed by atoms with Crippen LogP contribution in [0.25, 0.3) is 0 Å². The molecule has 1 unspecified atom stereocenters. The molecule has 158 valence electrons. The van der Waals surface area contributed by atoms with Crippen LogP contribution >= 0.6 is 0 Å². The monoisotopic (exact) mass is 420 g/mol. The zero-order chi connectivity index (χ0) is 21.8. The van der Waals surface area contributed by atoms with Crippen LogP contribution in [0.4, 0.5) is 18.9 Å². The topological polar surface area (TPSA) is 75.7 Å². The lowest BCUT2D eigenvalue weighted by molar-refractivity contribution is -0.121. The molecule has 2 aromatic carbocycles.